The van der Waals surface area contributed by atoms with Gasteiger partial charge in [-0.25, -0.2) is 4.79 Å². The lowest BCUT2D eigenvalue weighted by Crippen LogP contribution is -2.36. The van der Waals surface area contributed by atoms with Crippen LogP contribution in [0.15, 0.2) is 12.8 Å². The van der Waals surface area contributed by atoms with Gasteiger partial charge < -0.3 is 28.6 Å². The first kappa shape index (κ1) is 21.7. The standard InChI is InChI=1S/C16H31NO6/c1-6-19-9-10-21-13-14-22-12-11-20-8-7-17(5)15(18)23-16(2,3)4/h6H,1,7-14H2,2-5H3. The molecule has 23 heavy (non-hydrogen) atoms. The Kier molecular flexibility index (Phi) is 12.4. The summed E-state index contributed by atoms with van der Waals surface area (Å²) in [5, 5.41) is 0. The van der Waals surface area contributed by atoms with Crippen molar-refractivity contribution in [1.29, 1.82) is 0 Å². The SMILES string of the molecule is C=COCCOCCOCCOCCN(C)C(=O)OC(C)(C)C. The third-order valence-electron chi connectivity index (χ3n) is 2.48. The molecule has 0 N–H and O–H groups in total. The summed E-state index contributed by atoms with van der Waals surface area (Å²) in [6.07, 6.45) is 1.03. The van der Waals surface area contributed by atoms with E-state index in [4.69, 9.17) is 23.7 Å². The van der Waals surface area contributed by atoms with Gasteiger partial charge in [0.05, 0.1) is 45.9 Å². The highest BCUT2D eigenvalue weighted by atomic mass is 16.6. The van der Waals surface area contributed by atoms with E-state index in [0.29, 0.717) is 52.8 Å². The van der Waals surface area contributed by atoms with Crippen molar-refractivity contribution < 1.29 is 28.5 Å². The van der Waals surface area contributed by atoms with Gasteiger partial charge in [-0.05, 0) is 20.8 Å². The first-order valence-electron chi connectivity index (χ1n) is 7.76. The zero-order chi connectivity index (χ0) is 17.6. The minimum absolute atomic E-state index is 0.352. The number of likely N-dealkylation sites (N-methyl/N-ethyl adjacent to an activating group) is 1. The lowest BCUT2D eigenvalue weighted by molar-refractivity contribution is 0.000168. The lowest BCUT2D eigenvalue weighted by Gasteiger charge is -2.24. The molecule has 136 valence electrons. The Morgan fingerprint density at radius 2 is 1.43 bits per heavy atom. The van der Waals surface area contributed by atoms with Crippen LogP contribution < -0.4 is 0 Å². The van der Waals surface area contributed by atoms with E-state index in [1.165, 1.54) is 11.2 Å². The van der Waals surface area contributed by atoms with E-state index in [9.17, 15) is 4.79 Å². The number of carbonyl (C=O) groups excluding carboxylic acids is 1. The molecular formula is C16H31NO6. The summed E-state index contributed by atoms with van der Waals surface area (Å²) in [6, 6.07) is 0. The van der Waals surface area contributed by atoms with Gasteiger partial charge in [0.1, 0.15) is 12.2 Å². The molecule has 0 saturated heterocycles. The Balaban J connectivity index is 3.35. The van der Waals surface area contributed by atoms with Gasteiger partial charge in [0, 0.05) is 13.6 Å². The maximum absolute atomic E-state index is 11.7. The second kappa shape index (κ2) is 13.2. The van der Waals surface area contributed by atoms with Gasteiger partial charge in [0.2, 0.25) is 0 Å². The molecule has 1 amide bonds. The van der Waals surface area contributed by atoms with Gasteiger partial charge in [-0.15, -0.1) is 0 Å². The number of hydrogen-bond donors (Lipinski definition) is 0. The molecule has 0 atom stereocenters. The molecule has 0 aromatic heterocycles. The predicted octanol–water partition coefficient (Wildman–Crippen LogP) is 2.06. The molecule has 0 aliphatic rings. The van der Waals surface area contributed by atoms with E-state index >= 15 is 0 Å². The molecule has 0 aliphatic heterocycles. The molecule has 0 aromatic rings. The molecule has 0 saturated carbocycles. The summed E-state index contributed by atoms with van der Waals surface area (Å²) < 4.78 is 26.2. The van der Waals surface area contributed by atoms with Gasteiger partial charge in [0.25, 0.3) is 0 Å². The van der Waals surface area contributed by atoms with Gasteiger partial charge in [-0.1, -0.05) is 6.58 Å². The average molecular weight is 333 g/mol. The molecule has 0 heterocycles. The van der Waals surface area contributed by atoms with Crippen LogP contribution in [0.3, 0.4) is 0 Å². The van der Waals surface area contributed by atoms with Crippen molar-refractivity contribution in [3.05, 3.63) is 12.8 Å². The van der Waals surface area contributed by atoms with E-state index in [0.717, 1.165) is 0 Å². The van der Waals surface area contributed by atoms with Crippen LogP contribution in [0.1, 0.15) is 20.8 Å². The van der Waals surface area contributed by atoms with Gasteiger partial charge in [-0.3, -0.25) is 0 Å². The Labute approximate surface area is 139 Å². The van der Waals surface area contributed by atoms with Crippen molar-refractivity contribution in [2.75, 3.05) is 59.8 Å². The minimum Gasteiger partial charge on any atom is -0.499 e. The summed E-state index contributed by atoms with van der Waals surface area (Å²) in [5.74, 6) is 0. The zero-order valence-corrected chi connectivity index (χ0v) is 14.8. The maximum Gasteiger partial charge on any atom is 0.410 e. The van der Waals surface area contributed by atoms with E-state index < -0.39 is 5.60 Å². The van der Waals surface area contributed by atoms with Crippen LogP contribution in [0.2, 0.25) is 0 Å². The fraction of sp³-hybridized carbons (Fsp3) is 0.812. The summed E-state index contributed by atoms with van der Waals surface area (Å²) in [7, 11) is 1.68. The minimum atomic E-state index is -0.486. The van der Waals surface area contributed by atoms with Crippen molar-refractivity contribution in [1.82, 2.24) is 4.90 Å². The molecule has 0 unspecified atom stereocenters. The van der Waals surface area contributed by atoms with Crippen LogP contribution in [-0.4, -0.2) is 76.4 Å². The molecule has 7 heteroatoms. The molecular weight excluding hydrogens is 302 g/mol. The van der Waals surface area contributed by atoms with E-state index in [1.54, 1.807) is 7.05 Å². The highest BCUT2D eigenvalue weighted by Gasteiger charge is 2.19. The average Bonchev–Trinajstić information content (AvgIpc) is 2.46. The monoisotopic (exact) mass is 333 g/mol. The van der Waals surface area contributed by atoms with E-state index in [2.05, 4.69) is 6.58 Å². The van der Waals surface area contributed by atoms with E-state index in [1.807, 2.05) is 20.8 Å². The second-order valence-electron chi connectivity index (χ2n) is 5.78. The summed E-state index contributed by atoms with van der Waals surface area (Å²) in [6.45, 7) is 12.9. The number of rotatable bonds is 13. The Bertz CT molecular complexity index is 316. The Hall–Kier alpha value is -1.31. The topological polar surface area (TPSA) is 66.5 Å². The predicted molar refractivity (Wildman–Crippen MR) is 87.5 cm³/mol. The normalized spacial score (nSPS) is 11.1. The fourth-order valence-electron chi connectivity index (χ4n) is 1.36. The van der Waals surface area contributed by atoms with Gasteiger partial charge in [0.15, 0.2) is 0 Å². The molecule has 0 bridgehead atoms. The van der Waals surface area contributed by atoms with Crippen LogP contribution in [0, 0.1) is 0 Å². The number of nitrogens with zero attached hydrogens (tertiary/aromatic N) is 1. The number of amides is 1. The fourth-order valence-corrected chi connectivity index (χ4v) is 1.36. The maximum atomic E-state index is 11.7. The van der Waals surface area contributed by atoms with Gasteiger partial charge >= 0.3 is 6.09 Å². The molecule has 0 fully saturated rings. The Morgan fingerprint density at radius 1 is 0.957 bits per heavy atom. The second-order valence-corrected chi connectivity index (χ2v) is 5.78. The van der Waals surface area contributed by atoms with Crippen molar-refractivity contribution in [2.45, 2.75) is 26.4 Å². The Morgan fingerprint density at radius 3 is 1.91 bits per heavy atom. The number of ether oxygens (including phenoxy) is 5. The lowest BCUT2D eigenvalue weighted by atomic mass is 10.2. The summed E-state index contributed by atoms with van der Waals surface area (Å²) in [4.78, 5) is 13.2. The van der Waals surface area contributed by atoms with Crippen LogP contribution in [-0.2, 0) is 23.7 Å². The van der Waals surface area contributed by atoms with E-state index in [-0.39, 0.29) is 6.09 Å². The molecule has 0 aromatic carbocycles. The van der Waals surface area contributed by atoms with Crippen molar-refractivity contribution in [3.8, 4) is 0 Å². The number of carbonyl (C=O) groups is 1. The van der Waals surface area contributed by atoms with Crippen molar-refractivity contribution >= 4 is 6.09 Å². The molecule has 0 aliphatic carbocycles. The first-order chi connectivity index (χ1) is 10.9. The third-order valence-corrected chi connectivity index (χ3v) is 2.48. The van der Waals surface area contributed by atoms with Crippen LogP contribution in [0.4, 0.5) is 4.79 Å². The van der Waals surface area contributed by atoms with Crippen molar-refractivity contribution in [2.24, 2.45) is 0 Å². The highest BCUT2D eigenvalue weighted by molar-refractivity contribution is 5.67. The summed E-state index contributed by atoms with van der Waals surface area (Å²) in [5.41, 5.74) is -0.486. The smallest absolute Gasteiger partial charge is 0.410 e. The van der Waals surface area contributed by atoms with Crippen LogP contribution in [0.25, 0.3) is 0 Å². The zero-order valence-electron chi connectivity index (χ0n) is 14.8. The molecule has 0 spiro atoms. The summed E-state index contributed by atoms with van der Waals surface area (Å²) >= 11 is 0. The van der Waals surface area contributed by atoms with Crippen molar-refractivity contribution in [3.63, 3.8) is 0 Å². The van der Waals surface area contributed by atoms with Gasteiger partial charge in [-0.2, -0.15) is 0 Å². The van der Waals surface area contributed by atoms with Crippen LogP contribution in [0.5, 0.6) is 0 Å². The first-order valence-corrected chi connectivity index (χ1v) is 7.76. The quantitative estimate of drug-likeness (QED) is 0.380. The highest BCUT2D eigenvalue weighted by Crippen LogP contribution is 2.08. The largest absolute Gasteiger partial charge is 0.499 e. The molecule has 0 radical (unpaired) electrons. The van der Waals surface area contributed by atoms with Crippen LogP contribution >= 0.6 is 0 Å². The molecule has 0 rings (SSSR count). The number of hydrogen-bond acceptors (Lipinski definition) is 6. The third kappa shape index (κ3) is 15.4. The molecule has 7 nitrogen and oxygen atoms in total.